The number of likely N-dealkylation sites (tertiary alicyclic amines) is 1. The minimum atomic E-state index is -0.526. The number of para-hydroxylation sites is 1. The Morgan fingerprint density at radius 2 is 1.64 bits per heavy atom. The molecule has 28 heavy (non-hydrogen) atoms. The molecule has 1 aliphatic heterocycles. The van der Waals surface area contributed by atoms with Crippen LogP contribution in [-0.4, -0.2) is 30.0 Å². The Morgan fingerprint density at radius 1 is 1.00 bits per heavy atom. The zero-order valence-electron chi connectivity index (χ0n) is 17.1. The fourth-order valence-electron chi connectivity index (χ4n) is 3.72. The molecule has 0 aromatic heterocycles. The highest BCUT2D eigenvalue weighted by atomic mass is 16.5. The number of hydrogen-bond acceptors (Lipinski definition) is 3. The lowest BCUT2D eigenvalue weighted by atomic mass is 10.0. The standard InChI is InChI=1S/C24H32N2O2/c1-3-20-11-7-8-14-23(20)28-19(2)24(27)25-17-21-12-5-6-13-22(21)18-26-15-9-4-10-16-26/h5-8,11-14,19H,3-4,9-10,15-18H2,1-2H3,(H,25,27). The summed E-state index contributed by atoms with van der Waals surface area (Å²) < 4.78 is 5.92. The van der Waals surface area contributed by atoms with Gasteiger partial charge >= 0.3 is 0 Å². The normalized spacial score (nSPS) is 15.8. The summed E-state index contributed by atoms with van der Waals surface area (Å²) in [5, 5.41) is 3.05. The van der Waals surface area contributed by atoms with E-state index in [9.17, 15) is 4.79 Å². The lowest BCUT2D eigenvalue weighted by Gasteiger charge is -2.27. The zero-order valence-corrected chi connectivity index (χ0v) is 17.1. The molecule has 1 amide bonds. The van der Waals surface area contributed by atoms with Crippen LogP contribution in [0.3, 0.4) is 0 Å². The summed E-state index contributed by atoms with van der Waals surface area (Å²) in [4.78, 5) is 15.1. The molecule has 2 aromatic rings. The summed E-state index contributed by atoms with van der Waals surface area (Å²) in [6.45, 7) is 7.73. The number of hydrogen-bond donors (Lipinski definition) is 1. The molecule has 0 spiro atoms. The van der Waals surface area contributed by atoms with Crippen LogP contribution in [0.2, 0.25) is 0 Å². The number of piperidine rings is 1. The Hall–Kier alpha value is -2.33. The van der Waals surface area contributed by atoms with Crippen LogP contribution < -0.4 is 10.1 Å². The van der Waals surface area contributed by atoms with Crippen LogP contribution in [0.5, 0.6) is 5.75 Å². The quantitative estimate of drug-likeness (QED) is 0.742. The van der Waals surface area contributed by atoms with Crippen molar-refractivity contribution in [2.75, 3.05) is 13.1 Å². The molecule has 150 valence electrons. The van der Waals surface area contributed by atoms with Crippen molar-refractivity contribution in [3.63, 3.8) is 0 Å². The zero-order chi connectivity index (χ0) is 19.8. The van der Waals surface area contributed by atoms with Gasteiger partial charge in [-0.15, -0.1) is 0 Å². The third-order valence-electron chi connectivity index (χ3n) is 5.44. The molecular formula is C24H32N2O2. The van der Waals surface area contributed by atoms with Crippen molar-refractivity contribution < 1.29 is 9.53 Å². The maximum atomic E-state index is 12.6. The first-order valence-corrected chi connectivity index (χ1v) is 10.5. The number of ether oxygens (including phenoxy) is 1. The second-order valence-electron chi connectivity index (χ2n) is 7.54. The third kappa shape index (κ3) is 5.59. The van der Waals surface area contributed by atoms with Crippen molar-refractivity contribution >= 4 is 5.91 Å². The second kappa shape index (κ2) is 10.3. The second-order valence-corrected chi connectivity index (χ2v) is 7.54. The van der Waals surface area contributed by atoms with E-state index in [0.717, 1.165) is 24.3 Å². The molecule has 1 N–H and O–H groups in total. The fraction of sp³-hybridized carbons (Fsp3) is 0.458. The van der Waals surface area contributed by atoms with Crippen LogP contribution in [0, 0.1) is 0 Å². The minimum Gasteiger partial charge on any atom is -0.481 e. The van der Waals surface area contributed by atoms with Gasteiger partial charge in [-0.05, 0) is 62.0 Å². The highest BCUT2D eigenvalue weighted by molar-refractivity contribution is 5.80. The summed E-state index contributed by atoms with van der Waals surface area (Å²) in [5.41, 5.74) is 3.60. The average molecular weight is 381 g/mol. The SMILES string of the molecule is CCc1ccccc1OC(C)C(=O)NCc1ccccc1CN1CCCCC1. The Bertz CT molecular complexity index is 769. The molecule has 1 aliphatic rings. The van der Waals surface area contributed by atoms with E-state index in [-0.39, 0.29) is 5.91 Å². The topological polar surface area (TPSA) is 41.6 Å². The summed E-state index contributed by atoms with van der Waals surface area (Å²) in [7, 11) is 0. The van der Waals surface area contributed by atoms with Crippen LogP contribution in [0.1, 0.15) is 49.8 Å². The summed E-state index contributed by atoms with van der Waals surface area (Å²) in [6, 6.07) is 16.3. The van der Waals surface area contributed by atoms with Crippen molar-refractivity contribution in [3.8, 4) is 5.75 Å². The number of carbonyl (C=O) groups excluding carboxylic acids is 1. The summed E-state index contributed by atoms with van der Waals surface area (Å²) in [5.74, 6) is 0.705. The van der Waals surface area contributed by atoms with E-state index < -0.39 is 6.10 Å². The Morgan fingerprint density at radius 3 is 2.36 bits per heavy atom. The molecule has 2 aromatic carbocycles. The van der Waals surface area contributed by atoms with E-state index >= 15 is 0 Å². The van der Waals surface area contributed by atoms with Gasteiger partial charge in [0.05, 0.1) is 0 Å². The smallest absolute Gasteiger partial charge is 0.261 e. The number of carbonyl (C=O) groups is 1. The number of benzene rings is 2. The number of rotatable bonds is 8. The number of nitrogens with zero attached hydrogens (tertiary/aromatic N) is 1. The first kappa shape index (κ1) is 20.4. The van der Waals surface area contributed by atoms with Crippen molar-refractivity contribution in [1.82, 2.24) is 10.2 Å². The van der Waals surface area contributed by atoms with Gasteiger partial charge < -0.3 is 10.1 Å². The molecule has 0 aliphatic carbocycles. The number of amides is 1. The molecule has 1 saturated heterocycles. The van der Waals surface area contributed by atoms with Crippen LogP contribution in [-0.2, 0) is 24.3 Å². The summed E-state index contributed by atoms with van der Waals surface area (Å²) in [6.07, 6.45) is 4.27. The van der Waals surface area contributed by atoms with E-state index in [1.54, 1.807) is 6.92 Å². The van der Waals surface area contributed by atoms with Crippen LogP contribution in [0.25, 0.3) is 0 Å². The van der Waals surface area contributed by atoms with Gasteiger partial charge in [0, 0.05) is 13.1 Å². The highest BCUT2D eigenvalue weighted by Crippen LogP contribution is 2.20. The Kier molecular flexibility index (Phi) is 7.49. The van der Waals surface area contributed by atoms with E-state index in [1.807, 2.05) is 30.3 Å². The first-order valence-electron chi connectivity index (χ1n) is 10.5. The minimum absolute atomic E-state index is 0.0846. The molecule has 1 fully saturated rings. The first-order chi connectivity index (χ1) is 13.7. The molecule has 1 heterocycles. The molecule has 1 unspecified atom stereocenters. The van der Waals surface area contributed by atoms with Crippen molar-refractivity contribution in [2.45, 2.75) is 58.7 Å². The molecular weight excluding hydrogens is 348 g/mol. The van der Waals surface area contributed by atoms with E-state index in [1.165, 1.54) is 43.5 Å². The van der Waals surface area contributed by atoms with E-state index in [2.05, 4.69) is 35.3 Å². The van der Waals surface area contributed by atoms with Gasteiger partial charge in [0.2, 0.25) is 0 Å². The van der Waals surface area contributed by atoms with Crippen molar-refractivity contribution in [2.24, 2.45) is 0 Å². The van der Waals surface area contributed by atoms with Crippen molar-refractivity contribution in [1.29, 1.82) is 0 Å². The number of aryl methyl sites for hydroxylation is 1. The van der Waals surface area contributed by atoms with Gasteiger partial charge in [0.15, 0.2) is 6.10 Å². The maximum Gasteiger partial charge on any atom is 0.261 e. The third-order valence-corrected chi connectivity index (χ3v) is 5.44. The molecule has 0 saturated carbocycles. The van der Waals surface area contributed by atoms with Gasteiger partial charge in [0.1, 0.15) is 5.75 Å². The van der Waals surface area contributed by atoms with Crippen LogP contribution in [0.15, 0.2) is 48.5 Å². The Balaban J connectivity index is 1.56. The van der Waals surface area contributed by atoms with Crippen LogP contribution >= 0.6 is 0 Å². The molecule has 0 bridgehead atoms. The average Bonchev–Trinajstić information content (AvgIpc) is 2.74. The van der Waals surface area contributed by atoms with E-state index in [0.29, 0.717) is 6.54 Å². The Labute approximate surface area is 168 Å². The molecule has 3 rings (SSSR count). The molecule has 4 heteroatoms. The van der Waals surface area contributed by atoms with Gasteiger partial charge in [-0.3, -0.25) is 9.69 Å². The predicted molar refractivity (Wildman–Crippen MR) is 113 cm³/mol. The fourth-order valence-corrected chi connectivity index (χ4v) is 3.72. The van der Waals surface area contributed by atoms with Crippen LogP contribution in [0.4, 0.5) is 0 Å². The van der Waals surface area contributed by atoms with Gasteiger partial charge in [-0.1, -0.05) is 55.8 Å². The summed E-state index contributed by atoms with van der Waals surface area (Å²) >= 11 is 0. The monoisotopic (exact) mass is 380 g/mol. The lowest BCUT2D eigenvalue weighted by Crippen LogP contribution is -2.36. The van der Waals surface area contributed by atoms with E-state index in [4.69, 9.17) is 4.74 Å². The lowest BCUT2D eigenvalue weighted by molar-refractivity contribution is -0.127. The predicted octanol–water partition coefficient (Wildman–Crippen LogP) is 4.32. The number of nitrogens with one attached hydrogen (secondary N) is 1. The maximum absolute atomic E-state index is 12.6. The van der Waals surface area contributed by atoms with Crippen molar-refractivity contribution in [3.05, 3.63) is 65.2 Å². The molecule has 4 nitrogen and oxygen atoms in total. The van der Waals surface area contributed by atoms with Gasteiger partial charge in [0.25, 0.3) is 5.91 Å². The molecule has 1 atom stereocenters. The molecule has 0 radical (unpaired) electrons. The van der Waals surface area contributed by atoms with Gasteiger partial charge in [-0.25, -0.2) is 0 Å². The van der Waals surface area contributed by atoms with Gasteiger partial charge in [-0.2, -0.15) is 0 Å². The largest absolute Gasteiger partial charge is 0.481 e. The highest BCUT2D eigenvalue weighted by Gasteiger charge is 2.17.